The molecule has 7 heteroatoms. The first-order chi connectivity index (χ1) is 12.7. The molecule has 156 valence electrons. The van der Waals surface area contributed by atoms with Gasteiger partial charge in [0.25, 0.3) is 0 Å². The molecule has 3 N–H and O–H groups in total. The summed E-state index contributed by atoms with van der Waals surface area (Å²) in [4.78, 5) is 25.2. The van der Waals surface area contributed by atoms with E-state index in [1.54, 1.807) is 20.8 Å². The van der Waals surface area contributed by atoms with E-state index in [4.69, 9.17) is 9.47 Å². The van der Waals surface area contributed by atoms with Crippen molar-refractivity contribution in [2.75, 3.05) is 6.61 Å². The number of hydrogen-bond donors (Lipinski definition) is 3. The van der Waals surface area contributed by atoms with Gasteiger partial charge >= 0.3 is 6.09 Å². The van der Waals surface area contributed by atoms with Crippen molar-refractivity contribution < 1.29 is 24.2 Å². The summed E-state index contributed by atoms with van der Waals surface area (Å²) in [6, 6.07) is -1.12. The van der Waals surface area contributed by atoms with Gasteiger partial charge in [0.2, 0.25) is 5.91 Å². The van der Waals surface area contributed by atoms with Crippen molar-refractivity contribution in [3.8, 4) is 0 Å². The predicted molar refractivity (Wildman–Crippen MR) is 102 cm³/mol. The second-order valence-electron chi connectivity index (χ2n) is 8.82. The fourth-order valence-electron chi connectivity index (χ4n) is 3.94. The van der Waals surface area contributed by atoms with Crippen LogP contribution >= 0.6 is 0 Å². The molecule has 7 nitrogen and oxygen atoms in total. The largest absolute Gasteiger partial charge is 0.444 e. The lowest BCUT2D eigenvalue weighted by Gasteiger charge is -2.29. The van der Waals surface area contributed by atoms with Crippen LogP contribution in [0.5, 0.6) is 0 Å². The number of alkyl carbamates (subject to hydrolysis) is 1. The molecule has 0 spiro atoms. The summed E-state index contributed by atoms with van der Waals surface area (Å²) in [6.07, 6.45) is 5.48. The zero-order chi connectivity index (χ0) is 20.0. The highest BCUT2D eigenvalue weighted by Crippen LogP contribution is 2.28. The number of hydrogen-bond acceptors (Lipinski definition) is 5. The first kappa shape index (κ1) is 22.0. The Morgan fingerprint density at radius 1 is 1.22 bits per heavy atom. The number of amides is 2. The van der Waals surface area contributed by atoms with Crippen LogP contribution in [0.4, 0.5) is 4.79 Å². The normalized spacial score (nSPS) is 27.8. The van der Waals surface area contributed by atoms with E-state index in [1.165, 1.54) is 19.3 Å². The molecule has 0 bridgehead atoms. The van der Waals surface area contributed by atoms with Gasteiger partial charge in [-0.15, -0.1) is 0 Å². The summed E-state index contributed by atoms with van der Waals surface area (Å²) < 4.78 is 10.9. The second kappa shape index (κ2) is 9.73. The number of aliphatic hydroxyl groups is 1. The van der Waals surface area contributed by atoms with E-state index in [1.807, 2.05) is 6.92 Å². The van der Waals surface area contributed by atoms with E-state index in [2.05, 4.69) is 10.6 Å². The van der Waals surface area contributed by atoms with Crippen molar-refractivity contribution in [2.24, 2.45) is 5.92 Å². The molecule has 2 fully saturated rings. The summed E-state index contributed by atoms with van der Waals surface area (Å²) in [5.74, 6) is 0.135. The molecule has 1 saturated heterocycles. The number of carbonyl (C=O) groups excluding carboxylic acids is 2. The molecule has 4 atom stereocenters. The Morgan fingerprint density at radius 3 is 2.48 bits per heavy atom. The van der Waals surface area contributed by atoms with Crippen molar-refractivity contribution in [2.45, 2.75) is 103 Å². The van der Waals surface area contributed by atoms with Crippen LogP contribution in [-0.2, 0) is 14.3 Å². The molecule has 27 heavy (non-hydrogen) atoms. The summed E-state index contributed by atoms with van der Waals surface area (Å²) in [7, 11) is 0. The molecule has 0 aromatic heterocycles. The molecular formula is C20H36N2O5. The van der Waals surface area contributed by atoms with Crippen LogP contribution in [0.3, 0.4) is 0 Å². The second-order valence-corrected chi connectivity index (χ2v) is 8.82. The first-order valence-electron chi connectivity index (χ1n) is 10.3. The van der Waals surface area contributed by atoms with E-state index in [-0.39, 0.29) is 18.6 Å². The van der Waals surface area contributed by atoms with Gasteiger partial charge in [-0.2, -0.15) is 0 Å². The van der Waals surface area contributed by atoms with Crippen LogP contribution in [0.25, 0.3) is 0 Å². The minimum atomic E-state index is -0.726. The van der Waals surface area contributed by atoms with Gasteiger partial charge in [0.15, 0.2) is 0 Å². The molecule has 0 aromatic carbocycles. The van der Waals surface area contributed by atoms with Crippen LogP contribution in [-0.4, -0.2) is 53.6 Å². The third-order valence-electron chi connectivity index (χ3n) is 5.31. The van der Waals surface area contributed by atoms with Crippen LogP contribution in [0, 0.1) is 5.92 Å². The molecule has 1 aliphatic heterocycles. The minimum absolute atomic E-state index is 0.208. The standard InChI is InChI=1S/C20H36N2O5/c1-5-16-17(15(23)12-26-16)22-18(24)14(11-13-9-7-6-8-10-13)21-19(25)27-20(2,3)4/h13-17,23H,5-12H2,1-4H3,(H,21,25)(H,22,24)/t14?,15?,16-,17-/m0/s1. The van der Waals surface area contributed by atoms with Crippen LogP contribution in [0.1, 0.15) is 72.6 Å². The van der Waals surface area contributed by atoms with E-state index in [0.29, 0.717) is 18.8 Å². The molecule has 1 saturated carbocycles. The van der Waals surface area contributed by atoms with Gasteiger partial charge in [0.05, 0.1) is 18.8 Å². The van der Waals surface area contributed by atoms with Gasteiger partial charge < -0.3 is 25.2 Å². The maximum Gasteiger partial charge on any atom is 0.408 e. The van der Waals surface area contributed by atoms with E-state index in [9.17, 15) is 14.7 Å². The van der Waals surface area contributed by atoms with Gasteiger partial charge in [-0.25, -0.2) is 4.79 Å². The van der Waals surface area contributed by atoms with Crippen LogP contribution < -0.4 is 10.6 Å². The Labute approximate surface area is 162 Å². The maximum atomic E-state index is 12.9. The Balaban J connectivity index is 2.02. The van der Waals surface area contributed by atoms with Crippen molar-refractivity contribution in [3.05, 3.63) is 0 Å². The highest BCUT2D eigenvalue weighted by Gasteiger charge is 2.38. The van der Waals surface area contributed by atoms with E-state index < -0.39 is 29.9 Å². The molecular weight excluding hydrogens is 348 g/mol. The molecule has 2 aliphatic rings. The highest BCUT2D eigenvalue weighted by molar-refractivity contribution is 5.86. The smallest absolute Gasteiger partial charge is 0.408 e. The highest BCUT2D eigenvalue weighted by atomic mass is 16.6. The zero-order valence-electron chi connectivity index (χ0n) is 17.1. The average Bonchev–Trinajstić information content (AvgIpc) is 2.93. The molecule has 0 radical (unpaired) electrons. The van der Waals surface area contributed by atoms with Gasteiger partial charge in [0, 0.05) is 0 Å². The number of rotatable bonds is 6. The Hall–Kier alpha value is -1.34. The van der Waals surface area contributed by atoms with Crippen molar-refractivity contribution in [1.29, 1.82) is 0 Å². The molecule has 2 amide bonds. The van der Waals surface area contributed by atoms with Gasteiger partial charge in [0.1, 0.15) is 17.7 Å². The van der Waals surface area contributed by atoms with Gasteiger partial charge in [-0.1, -0.05) is 39.0 Å². The summed E-state index contributed by atoms with van der Waals surface area (Å²) in [5, 5.41) is 15.8. The van der Waals surface area contributed by atoms with E-state index in [0.717, 1.165) is 12.8 Å². The molecule has 1 aliphatic carbocycles. The number of carbonyl (C=O) groups is 2. The lowest BCUT2D eigenvalue weighted by atomic mass is 9.84. The van der Waals surface area contributed by atoms with Crippen molar-refractivity contribution >= 4 is 12.0 Å². The van der Waals surface area contributed by atoms with Crippen LogP contribution in [0.15, 0.2) is 0 Å². The van der Waals surface area contributed by atoms with Crippen molar-refractivity contribution in [3.63, 3.8) is 0 Å². The lowest BCUT2D eigenvalue weighted by Crippen LogP contribution is -2.55. The summed E-state index contributed by atoms with van der Waals surface area (Å²) in [6.45, 7) is 7.55. The SMILES string of the molecule is CC[C@@H]1OCC(O)[C@@H]1NC(=O)C(CC1CCCCC1)NC(=O)OC(C)(C)C. The topological polar surface area (TPSA) is 96.9 Å². The van der Waals surface area contributed by atoms with E-state index >= 15 is 0 Å². The average molecular weight is 385 g/mol. The molecule has 1 heterocycles. The Kier molecular flexibility index (Phi) is 7.91. The Bertz CT molecular complexity index is 499. The minimum Gasteiger partial charge on any atom is -0.444 e. The number of ether oxygens (including phenoxy) is 2. The summed E-state index contributed by atoms with van der Waals surface area (Å²) >= 11 is 0. The summed E-state index contributed by atoms with van der Waals surface area (Å²) in [5.41, 5.74) is -0.626. The maximum absolute atomic E-state index is 12.9. The number of nitrogens with one attached hydrogen (secondary N) is 2. The van der Waals surface area contributed by atoms with Gasteiger partial charge in [-0.05, 0) is 39.5 Å². The van der Waals surface area contributed by atoms with Gasteiger partial charge in [-0.3, -0.25) is 4.79 Å². The predicted octanol–water partition coefficient (Wildman–Crippen LogP) is 2.50. The Morgan fingerprint density at radius 2 is 1.89 bits per heavy atom. The fourth-order valence-corrected chi connectivity index (χ4v) is 3.94. The lowest BCUT2D eigenvalue weighted by molar-refractivity contribution is -0.125. The molecule has 0 aromatic rings. The zero-order valence-corrected chi connectivity index (χ0v) is 17.1. The molecule has 2 unspecified atom stereocenters. The van der Waals surface area contributed by atoms with Crippen molar-refractivity contribution in [1.82, 2.24) is 10.6 Å². The number of aliphatic hydroxyl groups excluding tert-OH is 1. The fraction of sp³-hybridized carbons (Fsp3) is 0.900. The quantitative estimate of drug-likeness (QED) is 0.654. The van der Waals surface area contributed by atoms with Crippen LogP contribution in [0.2, 0.25) is 0 Å². The monoisotopic (exact) mass is 384 g/mol. The third kappa shape index (κ3) is 6.96. The molecule has 2 rings (SSSR count). The third-order valence-corrected chi connectivity index (χ3v) is 5.31. The first-order valence-corrected chi connectivity index (χ1v) is 10.3.